The van der Waals surface area contributed by atoms with Crippen LogP contribution in [0.3, 0.4) is 0 Å². The van der Waals surface area contributed by atoms with Crippen LogP contribution in [0.5, 0.6) is 0 Å². The number of rotatable bonds is 2. The average molecular weight is 363 g/mol. The fraction of sp³-hybridized carbons (Fsp3) is 0.250. The maximum absolute atomic E-state index is 13.4. The van der Waals surface area contributed by atoms with Crippen molar-refractivity contribution in [2.75, 3.05) is 0 Å². The van der Waals surface area contributed by atoms with Gasteiger partial charge in [0.15, 0.2) is 5.43 Å². The van der Waals surface area contributed by atoms with Crippen molar-refractivity contribution in [2.24, 2.45) is 0 Å². The molecule has 136 valence electrons. The Morgan fingerprint density at radius 2 is 1.65 bits per heavy atom. The molecule has 1 heterocycles. The van der Waals surface area contributed by atoms with Crippen molar-refractivity contribution < 1.29 is 17.6 Å². The summed E-state index contributed by atoms with van der Waals surface area (Å²) in [4.78, 5) is 15.3. The van der Waals surface area contributed by atoms with Crippen molar-refractivity contribution in [1.29, 1.82) is 0 Å². The highest BCUT2D eigenvalue weighted by Gasteiger charge is 2.48. The van der Waals surface area contributed by atoms with Gasteiger partial charge in [-0.05, 0) is 50.1 Å². The molecule has 0 bridgehead atoms. The minimum Gasteiger partial charge on any atom is -0.354 e. The molecule has 0 spiro atoms. The molecule has 0 unspecified atom stereocenters. The number of benzene rings is 2. The van der Waals surface area contributed by atoms with Gasteiger partial charge in [-0.3, -0.25) is 4.79 Å². The van der Waals surface area contributed by atoms with E-state index < -0.39 is 17.4 Å². The van der Waals surface area contributed by atoms with Crippen LogP contribution in [-0.2, 0) is 5.41 Å². The minimum absolute atomic E-state index is 0.139. The van der Waals surface area contributed by atoms with Crippen LogP contribution in [0.15, 0.2) is 47.3 Å². The Kier molecular flexibility index (Phi) is 4.17. The predicted octanol–water partition coefficient (Wildman–Crippen LogP) is 5.48. The maximum Gasteiger partial charge on any atom is 0.397 e. The summed E-state index contributed by atoms with van der Waals surface area (Å²) < 4.78 is 53.2. The zero-order chi connectivity index (χ0) is 19.3. The van der Waals surface area contributed by atoms with Crippen LogP contribution in [0.1, 0.15) is 25.0 Å². The van der Waals surface area contributed by atoms with Crippen LogP contribution in [0.4, 0.5) is 17.6 Å². The lowest BCUT2D eigenvalue weighted by molar-refractivity contribution is -0.180. The number of fused-ring (bicyclic) bond motifs is 1. The lowest BCUT2D eigenvalue weighted by Crippen LogP contribution is -2.36. The number of aromatic nitrogens is 1. The molecule has 0 saturated carbocycles. The Morgan fingerprint density at radius 3 is 2.27 bits per heavy atom. The molecule has 0 atom stereocenters. The first-order valence-electron chi connectivity index (χ1n) is 8.01. The van der Waals surface area contributed by atoms with E-state index in [1.54, 1.807) is 13.0 Å². The van der Waals surface area contributed by atoms with Crippen molar-refractivity contribution in [1.82, 2.24) is 4.98 Å². The molecule has 2 aromatic carbocycles. The maximum atomic E-state index is 13.4. The van der Waals surface area contributed by atoms with Crippen molar-refractivity contribution in [3.8, 4) is 11.3 Å². The quantitative estimate of drug-likeness (QED) is 0.601. The molecule has 2 nitrogen and oxygen atoms in total. The van der Waals surface area contributed by atoms with E-state index in [0.29, 0.717) is 27.7 Å². The molecule has 0 radical (unpaired) electrons. The van der Waals surface area contributed by atoms with Gasteiger partial charge >= 0.3 is 6.18 Å². The zero-order valence-corrected chi connectivity index (χ0v) is 14.5. The fourth-order valence-corrected chi connectivity index (χ4v) is 2.89. The van der Waals surface area contributed by atoms with Gasteiger partial charge in [-0.15, -0.1) is 0 Å². The Morgan fingerprint density at radius 1 is 0.962 bits per heavy atom. The van der Waals surface area contributed by atoms with Crippen LogP contribution in [0.25, 0.3) is 22.2 Å². The van der Waals surface area contributed by atoms with Crippen molar-refractivity contribution in [3.63, 3.8) is 0 Å². The van der Waals surface area contributed by atoms with E-state index >= 15 is 0 Å². The number of halogens is 4. The van der Waals surface area contributed by atoms with Crippen LogP contribution >= 0.6 is 0 Å². The van der Waals surface area contributed by atoms with Gasteiger partial charge < -0.3 is 4.98 Å². The largest absolute Gasteiger partial charge is 0.397 e. The highest BCUT2D eigenvalue weighted by atomic mass is 19.4. The molecular weight excluding hydrogens is 346 g/mol. The van der Waals surface area contributed by atoms with E-state index in [1.165, 1.54) is 36.4 Å². The van der Waals surface area contributed by atoms with Gasteiger partial charge in [0, 0.05) is 22.7 Å². The summed E-state index contributed by atoms with van der Waals surface area (Å²) in [6.07, 6.45) is -4.38. The molecule has 0 fully saturated rings. The summed E-state index contributed by atoms with van der Waals surface area (Å²) in [5.74, 6) is -0.482. The van der Waals surface area contributed by atoms with Crippen molar-refractivity contribution in [3.05, 3.63) is 69.6 Å². The number of alkyl halides is 3. The molecule has 0 saturated heterocycles. The van der Waals surface area contributed by atoms with Gasteiger partial charge in [0.25, 0.3) is 0 Å². The molecular formula is C20H17F4NO. The number of H-pyrrole nitrogens is 1. The lowest BCUT2D eigenvalue weighted by Gasteiger charge is -2.29. The molecule has 0 aliphatic carbocycles. The molecule has 6 heteroatoms. The number of nitrogens with one attached hydrogen (secondary N) is 1. The fourth-order valence-electron chi connectivity index (χ4n) is 2.89. The number of hydrogen-bond acceptors (Lipinski definition) is 1. The summed E-state index contributed by atoms with van der Waals surface area (Å²) in [6, 6.07) is 9.62. The summed E-state index contributed by atoms with van der Waals surface area (Å²) >= 11 is 0. The number of pyridine rings is 1. The zero-order valence-electron chi connectivity index (χ0n) is 14.5. The number of aryl methyl sites for hydroxylation is 1. The minimum atomic E-state index is -4.38. The molecule has 3 rings (SSSR count). The van der Waals surface area contributed by atoms with Crippen LogP contribution < -0.4 is 5.43 Å². The third-order valence-corrected chi connectivity index (χ3v) is 4.74. The third kappa shape index (κ3) is 3.00. The molecule has 0 aliphatic rings. The smallest absolute Gasteiger partial charge is 0.354 e. The molecule has 0 amide bonds. The predicted molar refractivity (Wildman–Crippen MR) is 93.8 cm³/mol. The summed E-state index contributed by atoms with van der Waals surface area (Å²) in [5.41, 5.74) is -0.181. The second-order valence-corrected chi connectivity index (χ2v) is 6.89. The van der Waals surface area contributed by atoms with Gasteiger partial charge in [-0.25, -0.2) is 4.39 Å². The summed E-state index contributed by atoms with van der Waals surface area (Å²) in [5, 5.41) is 0.350. The van der Waals surface area contributed by atoms with E-state index in [2.05, 4.69) is 4.98 Å². The Balaban J connectivity index is 2.14. The molecule has 1 N–H and O–H groups in total. The van der Waals surface area contributed by atoms with Gasteiger partial charge in [0.2, 0.25) is 0 Å². The van der Waals surface area contributed by atoms with Crippen molar-refractivity contribution >= 4 is 10.9 Å². The van der Waals surface area contributed by atoms with E-state index in [1.807, 2.05) is 0 Å². The first-order chi connectivity index (χ1) is 12.0. The van der Waals surface area contributed by atoms with E-state index in [4.69, 9.17) is 0 Å². The standard InChI is InChI=1S/C20H17F4NO/c1-11-8-12(19(2,3)20(22,23)24)4-6-14(11)17-10-18(26)15-7-5-13(21)9-16(15)25-17/h4-10H,1-3H3,(H,25,26). The van der Waals surface area contributed by atoms with Crippen LogP contribution in [0.2, 0.25) is 0 Å². The molecule has 1 aromatic heterocycles. The summed E-state index contributed by atoms with van der Waals surface area (Å²) in [6.45, 7) is 3.93. The average Bonchev–Trinajstić information content (AvgIpc) is 2.53. The third-order valence-electron chi connectivity index (χ3n) is 4.74. The monoisotopic (exact) mass is 363 g/mol. The van der Waals surface area contributed by atoms with Crippen molar-refractivity contribution in [2.45, 2.75) is 32.4 Å². The molecule has 3 aromatic rings. The number of aromatic amines is 1. The Bertz CT molecular complexity index is 1050. The Labute approximate surface area is 147 Å². The van der Waals surface area contributed by atoms with Gasteiger partial charge in [-0.2, -0.15) is 13.2 Å². The first-order valence-corrected chi connectivity index (χ1v) is 8.01. The van der Waals surface area contributed by atoms with E-state index in [-0.39, 0.29) is 11.0 Å². The second kappa shape index (κ2) is 5.97. The van der Waals surface area contributed by atoms with Crippen LogP contribution in [0, 0.1) is 12.7 Å². The topological polar surface area (TPSA) is 32.9 Å². The second-order valence-electron chi connectivity index (χ2n) is 6.89. The van der Waals surface area contributed by atoms with E-state index in [9.17, 15) is 22.4 Å². The first kappa shape index (κ1) is 18.2. The highest BCUT2D eigenvalue weighted by molar-refractivity contribution is 5.82. The molecule has 26 heavy (non-hydrogen) atoms. The lowest BCUT2D eigenvalue weighted by atomic mass is 9.82. The highest BCUT2D eigenvalue weighted by Crippen LogP contribution is 2.41. The van der Waals surface area contributed by atoms with Gasteiger partial charge in [0.05, 0.1) is 10.9 Å². The van der Waals surface area contributed by atoms with E-state index in [0.717, 1.165) is 13.8 Å². The Hall–Kier alpha value is -2.63. The summed E-state index contributed by atoms with van der Waals surface area (Å²) in [7, 11) is 0. The van der Waals surface area contributed by atoms with Gasteiger partial charge in [-0.1, -0.05) is 18.2 Å². The normalized spacial score (nSPS) is 12.6. The van der Waals surface area contributed by atoms with Crippen LogP contribution in [-0.4, -0.2) is 11.2 Å². The SMILES string of the molecule is Cc1cc(C(C)(C)C(F)(F)F)ccc1-c1cc(=O)c2ccc(F)cc2[nH]1. The molecule has 0 aliphatic heterocycles. The number of hydrogen-bond donors (Lipinski definition) is 1. The van der Waals surface area contributed by atoms with Gasteiger partial charge in [0.1, 0.15) is 5.82 Å².